The SMILES string of the molecule is COc1cccc(NC(=O)N(C)[C@H](C)CO)c1. The zero-order valence-corrected chi connectivity index (χ0v) is 10.3. The van der Waals surface area contributed by atoms with Crippen molar-refractivity contribution in [2.45, 2.75) is 13.0 Å². The summed E-state index contributed by atoms with van der Waals surface area (Å²) in [6, 6.07) is 6.62. The molecule has 0 aliphatic carbocycles. The van der Waals surface area contributed by atoms with E-state index in [1.165, 1.54) is 4.90 Å². The van der Waals surface area contributed by atoms with Gasteiger partial charge in [0.25, 0.3) is 0 Å². The Balaban J connectivity index is 2.67. The first-order valence-electron chi connectivity index (χ1n) is 5.37. The Morgan fingerprint density at radius 2 is 2.29 bits per heavy atom. The topological polar surface area (TPSA) is 61.8 Å². The van der Waals surface area contributed by atoms with E-state index in [4.69, 9.17) is 9.84 Å². The second-order valence-electron chi connectivity index (χ2n) is 3.80. The molecular formula is C12H18N2O3. The van der Waals surface area contributed by atoms with Gasteiger partial charge in [-0.05, 0) is 19.1 Å². The van der Waals surface area contributed by atoms with Crippen LogP contribution in [0.15, 0.2) is 24.3 Å². The summed E-state index contributed by atoms with van der Waals surface area (Å²) in [4.78, 5) is 13.2. The van der Waals surface area contributed by atoms with Gasteiger partial charge >= 0.3 is 6.03 Å². The quantitative estimate of drug-likeness (QED) is 0.836. The molecular weight excluding hydrogens is 220 g/mol. The minimum atomic E-state index is -0.264. The van der Waals surface area contributed by atoms with Crippen LogP contribution in [0.5, 0.6) is 5.75 Å². The van der Waals surface area contributed by atoms with Crippen LogP contribution in [-0.2, 0) is 0 Å². The number of carbonyl (C=O) groups is 1. The summed E-state index contributed by atoms with van der Waals surface area (Å²) in [5, 5.41) is 11.7. The molecule has 2 amide bonds. The van der Waals surface area contributed by atoms with Gasteiger partial charge in [0.2, 0.25) is 0 Å². The van der Waals surface area contributed by atoms with Gasteiger partial charge in [0.1, 0.15) is 5.75 Å². The van der Waals surface area contributed by atoms with Gasteiger partial charge in [0, 0.05) is 18.8 Å². The Bertz CT molecular complexity index is 382. The zero-order chi connectivity index (χ0) is 12.8. The normalized spacial score (nSPS) is 11.8. The van der Waals surface area contributed by atoms with Crippen molar-refractivity contribution >= 4 is 11.7 Å². The van der Waals surface area contributed by atoms with Gasteiger partial charge in [-0.1, -0.05) is 6.07 Å². The Morgan fingerprint density at radius 1 is 1.59 bits per heavy atom. The number of aliphatic hydroxyl groups excluding tert-OH is 1. The number of benzene rings is 1. The molecule has 0 saturated carbocycles. The molecule has 0 aromatic heterocycles. The van der Waals surface area contributed by atoms with Gasteiger partial charge in [-0.25, -0.2) is 4.79 Å². The number of ether oxygens (including phenoxy) is 1. The smallest absolute Gasteiger partial charge is 0.321 e. The first-order chi connectivity index (χ1) is 8.08. The molecule has 0 aliphatic rings. The number of hydrogen-bond acceptors (Lipinski definition) is 3. The van der Waals surface area contributed by atoms with E-state index in [1.54, 1.807) is 45.3 Å². The lowest BCUT2D eigenvalue weighted by Crippen LogP contribution is -2.40. The standard InChI is InChI=1S/C12H18N2O3/c1-9(8-15)14(2)12(16)13-10-5-4-6-11(7-10)17-3/h4-7,9,15H,8H2,1-3H3,(H,13,16)/t9-/m1/s1. The van der Waals surface area contributed by atoms with Crippen molar-refractivity contribution in [3.8, 4) is 5.75 Å². The molecule has 0 bridgehead atoms. The average Bonchev–Trinajstić information content (AvgIpc) is 2.37. The van der Waals surface area contributed by atoms with Crippen LogP contribution in [0.4, 0.5) is 10.5 Å². The van der Waals surface area contributed by atoms with E-state index in [0.717, 1.165) is 0 Å². The molecule has 0 heterocycles. The number of methoxy groups -OCH3 is 1. The number of amides is 2. The number of carbonyl (C=O) groups excluding carboxylic acids is 1. The van der Waals surface area contributed by atoms with Crippen LogP contribution in [0.25, 0.3) is 0 Å². The van der Waals surface area contributed by atoms with Crippen molar-refractivity contribution in [1.82, 2.24) is 4.90 Å². The number of rotatable bonds is 4. The Hall–Kier alpha value is -1.75. The number of nitrogens with zero attached hydrogens (tertiary/aromatic N) is 1. The van der Waals surface area contributed by atoms with Crippen LogP contribution in [0.1, 0.15) is 6.92 Å². The largest absolute Gasteiger partial charge is 0.497 e. The number of urea groups is 1. The first kappa shape index (κ1) is 13.3. The van der Waals surface area contributed by atoms with E-state index in [0.29, 0.717) is 11.4 Å². The highest BCUT2D eigenvalue weighted by molar-refractivity contribution is 5.89. The van der Waals surface area contributed by atoms with Crippen LogP contribution >= 0.6 is 0 Å². The number of aliphatic hydroxyl groups is 1. The molecule has 17 heavy (non-hydrogen) atoms. The lowest BCUT2D eigenvalue weighted by Gasteiger charge is -2.23. The van der Waals surface area contributed by atoms with Crippen molar-refractivity contribution in [3.05, 3.63) is 24.3 Å². The Labute approximate surface area is 101 Å². The molecule has 0 spiro atoms. The van der Waals surface area contributed by atoms with Crippen molar-refractivity contribution in [1.29, 1.82) is 0 Å². The zero-order valence-electron chi connectivity index (χ0n) is 10.3. The third-order valence-corrected chi connectivity index (χ3v) is 2.57. The van der Waals surface area contributed by atoms with E-state index in [2.05, 4.69) is 5.32 Å². The maximum absolute atomic E-state index is 11.8. The minimum Gasteiger partial charge on any atom is -0.497 e. The highest BCUT2D eigenvalue weighted by Gasteiger charge is 2.14. The van der Waals surface area contributed by atoms with Gasteiger partial charge in [-0.15, -0.1) is 0 Å². The summed E-state index contributed by atoms with van der Waals surface area (Å²) >= 11 is 0. The minimum absolute atomic E-state index is 0.0674. The van der Waals surface area contributed by atoms with Gasteiger partial charge < -0.3 is 20.1 Å². The van der Waals surface area contributed by atoms with Crippen LogP contribution in [0.2, 0.25) is 0 Å². The maximum Gasteiger partial charge on any atom is 0.321 e. The lowest BCUT2D eigenvalue weighted by atomic mass is 10.3. The molecule has 0 saturated heterocycles. The van der Waals surface area contributed by atoms with Crippen molar-refractivity contribution in [2.75, 3.05) is 26.1 Å². The highest BCUT2D eigenvalue weighted by atomic mass is 16.5. The molecule has 5 nitrogen and oxygen atoms in total. The second-order valence-corrected chi connectivity index (χ2v) is 3.80. The summed E-state index contributed by atoms with van der Waals surface area (Å²) in [6.07, 6.45) is 0. The molecule has 1 atom stereocenters. The summed E-state index contributed by atoms with van der Waals surface area (Å²) < 4.78 is 5.06. The fourth-order valence-corrected chi connectivity index (χ4v) is 1.24. The summed E-state index contributed by atoms with van der Waals surface area (Å²) in [6.45, 7) is 1.70. The molecule has 5 heteroatoms. The van der Waals surface area contributed by atoms with Gasteiger partial charge in [0.05, 0.1) is 19.8 Å². The van der Waals surface area contributed by atoms with Gasteiger partial charge in [-0.2, -0.15) is 0 Å². The van der Waals surface area contributed by atoms with E-state index in [1.807, 2.05) is 0 Å². The molecule has 94 valence electrons. The van der Waals surface area contributed by atoms with Crippen LogP contribution in [-0.4, -0.2) is 42.8 Å². The molecule has 0 fully saturated rings. The van der Waals surface area contributed by atoms with Crippen molar-refractivity contribution in [3.63, 3.8) is 0 Å². The number of hydrogen-bond donors (Lipinski definition) is 2. The number of anilines is 1. The molecule has 0 unspecified atom stereocenters. The Kier molecular flexibility index (Phi) is 4.78. The summed E-state index contributed by atoms with van der Waals surface area (Å²) in [5.41, 5.74) is 0.659. The number of likely N-dealkylation sites (N-methyl/N-ethyl adjacent to an activating group) is 1. The monoisotopic (exact) mass is 238 g/mol. The highest BCUT2D eigenvalue weighted by Crippen LogP contribution is 2.17. The fraction of sp³-hybridized carbons (Fsp3) is 0.417. The number of nitrogens with one attached hydrogen (secondary N) is 1. The molecule has 0 radical (unpaired) electrons. The predicted molar refractivity (Wildman–Crippen MR) is 66.3 cm³/mol. The molecule has 1 aromatic carbocycles. The van der Waals surface area contributed by atoms with Crippen molar-refractivity contribution in [2.24, 2.45) is 0 Å². The van der Waals surface area contributed by atoms with E-state index in [9.17, 15) is 4.79 Å². The van der Waals surface area contributed by atoms with Crippen molar-refractivity contribution < 1.29 is 14.6 Å². The van der Waals surface area contributed by atoms with Crippen LogP contribution in [0, 0.1) is 0 Å². The average molecular weight is 238 g/mol. The maximum atomic E-state index is 11.8. The van der Waals surface area contributed by atoms with Crippen LogP contribution in [0.3, 0.4) is 0 Å². The summed E-state index contributed by atoms with van der Waals surface area (Å²) in [5.74, 6) is 0.681. The molecule has 1 rings (SSSR count). The Morgan fingerprint density at radius 3 is 2.88 bits per heavy atom. The first-order valence-corrected chi connectivity index (χ1v) is 5.37. The summed E-state index contributed by atoms with van der Waals surface area (Å²) in [7, 11) is 3.21. The van der Waals surface area contributed by atoms with Gasteiger partial charge in [0.15, 0.2) is 0 Å². The molecule has 1 aromatic rings. The van der Waals surface area contributed by atoms with E-state index < -0.39 is 0 Å². The second kappa shape index (κ2) is 6.10. The molecule has 2 N–H and O–H groups in total. The van der Waals surface area contributed by atoms with E-state index >= 15 is 0 Å². The lowest BCUT2D eigenvalue weighted by molar-refractivity contribution is 0.166. The third-order valence-electron chi connectivity index (χ3n) is 2.57. The van der Waals surface area contributed by atoms with Crippen LogP contribution < -0.4 is 10.1 Å². The predicted octanol–water partition coefficient (Wildman–Crippen LogP) is 1.54. The van der Waals surface area contributed by atoms with Gasteiger partial charge in [-0.3, -0.25) is 0 Å². The molecule has 0 aliphatic heterocycles. The van der Waals surface area contributed by atoms with E-state index in [-0.39, 0.29) is 18.7 Å². The third kappa shape index (κ3) is 3.64. The fourth-order valence-electron chi connectivity index (χ4n) is 1.24.